The summed E-state index contributed by atoms with van der Waals surface area (Å²) < 4.78 is 0. The van der Waals surface area contributed by atoms with Gasteiger partial charge in [0.15, 0.2) is 5.78 Å². The van der Waals surface area contributed by atoms with Crippen molar-refractivity contribution in [2.75, 3.05) is 0 Å². The Labute approximate surface area is 132 Å². The van der Waals surface area contributed by atoms with E-state index in [0.29, 0.717) is 11.1 Å². The maximum absolute atomic E-state index is 12.7. The number of carbonyl (C=O) groups is 1. The van der Waals surface area contributed by atoms with Crippen molar-refractivity contribution >= 4 is 5.78 Å². The minimum absolute atomic E-state index is 0.104. The molecule has 1 atom stereocenters. The zero-order valence-electron chi connectivity index (χ0n) is 12.9. The van der Waals surface area contributed by atoms with Crippen molar-refractivity contribution in [1.82, 2.24) is 0 Å². The first-order valence-electron chi connectivity index (χ1n) is 7.77. The van der Waals surface area contributed by atoms with Crippen molar-refractivity contribution in [3.63, 3.8) is 0 Å². The maximum atomic E-state index is 12.7. The second-order valence-electron chi connectivity index (χ2n) is 5.31. The van der Waals surface area contributed by atoms with Crippen LogP contribution in [-0.4, -0.2) is 10.9 Å². The van der Waals surface area contributed by atoms with Gasteiger partial charge in [0.1, 0.15) is 6.10 Å². The molecule has 0 amide bonds. The first kappa shape index (κ1) is 16.2. The van der Waals surface area contributed by atoms with E-state index in [2.05, 4.69) is 6.92 Å². The minimum Gasteiger partial charge on any atom is -0.384 e. The molecule has 0 saturated heterocycles. The van der Waals surface area contributed by atoms with E-state index in [1.165, 1.54) is 0 Å². The molecule has 0 bridgehead atoms. The lowest BCUT2D eigenvalue weighted by atomic mass is 9.93. The van der Waals surface area contributed by atoms with E-state index in [1.54, 1.807) is 12.1 Å². The molecule has 0 spiro atoms. The number of aliphatic hydroxyl groups is 1. The van der Waals surface area contributed by atoms with Gasteiger partial charge in [-0.25, -0.2) is 0 Å². The fraction of sp³-hybridized carbons (Fsp3) is 0.250. The highest BCUT2D eigenvalue weighted by Gasteiger charge is 2.21. The minimum atomic E-state index is -0.884. The summed E-state index contributed by atoms with van der Waals surface area (Å²) in [6.07, 6.45) is 3.87. The number of aliphatic hydroxyl groups excluding tert-OH is 1. The predicted molar refractivity (Wildman–Crippen MR) is 89.8 cm³/mol. The second-order valence-corrected chi connectivity index (χ2v) is 5.31. The number of hydrogen-bond donors (Lipinski definition) is 1. The SMILES string of the molecule is CCCC/C=C(\C(=O)c1ccccc1)C(O)c1ccccc1. The van der Waals surface area contributed by atoms with E-state index in [-0.39, 0.29) is 5.78 Å². The molecule has 2 heteroatoms. The number of ketones is 1. The highest BCUT2D eigenvalue weighted by Crippen LogP contribution is 2.25. The molecule has 0 saturated carbocycles. The number of hydrogen-bond acceptors (Lipinski definition) is 2. The molecule has 1 N–H and O–H groups in total. The fourth-order valence-electron chi connectivity index (χ4n) is 2.36. The summed E-state index contributed by atoms with van der Waals surface area (Å²) in [4.78, 5) is 12.7. The van der Waals surface area contributed by atoms with Gasteiger partial charge in [-0.3, -0.25) is 4.79 Å². The lowest BCUT2D eigenvalue weighted by Gasteiger charge is -2.15. The van der Waals surface area contributed by atoms with Crippen LogP contribution in [0.25, 0.3) is 0 Å². The van der Waals surface area contributed by atoms with Crippen molar-refractivity contribution in [2.45, 2.75) is 32.3 Å². The third-order valence-corrected chi connectivity index (χ3v) is 3.63. The molecule has 1 unspecified atom stereocenters. The van der Waals surface area contributed by atoms with Crippen LogP contribution in [0.2, 0.25) is 0 Å². The zero-order valence-corrected chi connectivity index (χ0v) is 12.9. The van der Waals surface area contributed by atoms with Gasteiger partial charge < -0.3 is 5.11 Å². The maximum Gasteiger partial charge on any atom is 0.191 e. The van der Waals surface area contributed by atoms with Crippen molar-refractivity contribution in [2.24, 2.45) is 0 Å². The van der Waals surface area contributed by atoms with Gasteiger partial charge in [-0.05, 0) is 12.0 Å². The second kappa shape index (κ2) is 8.30. The highest BCUT2D eigenvalue weighted by atomic mass is 16.3. The highest BCUT2D eigenvalue weighted by molar-refractivity contribution is 6.09. The van der Waals surface area contributed by atoms with E-state index in [4.69, 9.17) is 0 Å². The van der Waals surface area contributed by atoms with Crippen LogP contribution in [0, 0.1) is 0 Å². The summed E-state index contributed by atoms with van der Waals surface area (Å²) in [5.74, 6) is -0.104. The Kier molecular flexibility index (Phi) is 6.11. The largest absolute Gasteiger partial charge is 0.384 e. The first-order valence-corrected chi connectivity index (χ1v) is 7.77. The average Bonchev–Trinajstić information content (AvgIpc) is 2.59. The molecule has 0 aliphatic heterocycles. The number of allylic oxidation sites excluding steroid dienone is 1. The van der Waals surface area contributed by atoms with E-state index < -0.39 is 6.10 Å². The van der Waals surface area contributed by atoms with Crippen LogP contribution in [0.3, 0.4) is 0 Å². The Morgan fingerprint density at radius 3 is 2.23 bits per heavy atom. The molecule has 0 heterocycles. The van der Waals surface area contributed by atoms with Crippen LogP contribution in [-0.2, 0) is 0 Å². The monoisotopic (exact) mass is 294 g/mol. The standard InChI is InChI=1S/C20H22O2/c1-2-3-6-15-18(19(21)16-11-7-4-8-12-16)20(22)17-13-9-5-10-14-17/h4-5,7-15,19,21H,2-3,6H2,1H3/b18-15-. The van der Waals surface area contributed by atoms with Crippen LogP contribution < -0.4 is 0 Å². The van der Waals surface area contributed by atoms with E-state index in [0.717, 1.165) is 24.8 Å². The van der Waals surface area contributed by atoms with Crippen LogP contribution >= 0.6 is 0 Å². The number of Topliss-reactive ketones (excluding diaryl/α,β-unsaturated/α-hetero) is 1. The van der Waals surface area contributed by atoms with Gasteiger partial charge in [0.25, 0.3) is 0 Å². The smallest absolute Gasteiger partial charge is 0.191 e. The van der Waals surface area contributed by atoms with Crippen LogP contribution in [0.5, 0.6) is 0 Å². The summed E-state index contributed by atoms with van der Waals surface area (Å²) in [5.41, 5.74) is 1.82. The quantitative estimate of drug-likeness (QED) is 0.456. The van der Waals surface area contributed by atoms with Gasteiger partial charge in [0.05, 0.1) is 0 Å². The molecule has 2 aromatic rings. The first-order chi connectivity index (χ1) is 10.7. The Balaban J connectivity index is 2.30. The number of rotatable bonds is 7. The summed E-state index contributed by atoms with van der Waals surface area (Å²) in [6.45, 7) is 2.11. The van der Waals surface area contributed by atoms with Gasteiger partial charge in [0.2, 0.25) is 0 Å². The summed E-state index contributed by atoms with van der Waals surface area (Å²) in [7, 11) is 0. The van der Waals surface area contributed by atoms with Crippen molar-refractivity contribution < 1.29 is 9.90 Å². The molecule has 2 aromatic carbocycles. The number of unbranched alkanes of at least 4 members (excludes halogenated alkanes) is 2. The van der Waals surface area contributed by atoms with E-state index in [1.807, 2.05) is 54.6 Å². The molecular formula is C20H22O2. The average molecular weight is 294 g/mol. The molecule has 0 radical (unpaired) electrons. The lowest BCUT2D eigenvalue weighted by Crippen LogP contribution is -2.12. The van der Waals surface area contributed by atoms with Crippen molar-refractivity contribution in [3.05, 3.63) is 83.4 Å². The summed E-state index contributed by atoms with van der Waals surface area (Å²) in [5, 5.41) is 10.6. The van der Waals surface area contributed by atoms with E-state index in [9.17, 15) is 9.90 Å². The summed E-state index contributed by atoms with van der Waals surface area (Å²) >= 11 is 0. The van der Waals surface area contributed by atoms with E-state index >= 15 is 0 Å². The molecule has 114 valence electrons. The third kappa shape index (κ3) is 4.15. The van der Waals surface area contributed by atoms with Crippen molar-refractivity contribution in [3.8, 4) is 0 Å². The van der Waals surface area contributed by atoms with Gasteiger partial charge in [-0.2, -0.15) is 0 Å². The topological polar surface area (TPSA) is 37.3 Å². The fourth-order valence-corrected chi connectivity index (χ4v) is 2.36. The molecule has 22 heavy (non-hydrogen) atoms. The van der Waals surface area contributed by atoms with Crippen LogP contribution in [0.15, 0.2) is 72.3 Å². The molecule has 2 nitrogen and oxygen atoms in total. The molecule has 0 aliphatic carbocycles. The normalized spacial score (nSPS) is 12.9. The van der Waals surface area contributed by atoms with Gasteiger partial charge in [-0.1, -0.05) is 86.5 Å². The Bertz CT molecular complexity index is 615. The van der Waals surface area contributed by atoms with Crippen LogP contribution in [0.4, 0.5) is 0 Å². The van der Waals surface area contributed by atoms with Gasteiger partial charge >= 0.3 is 0 Å². The molecule has 0 aliphatic rings. The number of benzene rings is 2. The van der Waals surface area contributed by atoms with Crippen LogP contribution in [0.1, 0.15) is 48.2 Å². The lowest BCUT2D eigenvalue weighted by molar-refractivity contribution is 0.0986. The van der Waals surface area contributed by atoms with Gasteiger partial charge in [0, 0.05) is 11.1 Å². The Morgan fingerprint density at radius 1 is 1.05 bits per heavy atom. The zero-order chi connectivity index (χ0) is 15.8. The third-order valence-electron chi connectivity index (χ3n) is 3.63. The molecule has 2 rings (SSSR count). The molecular weight excluding hydrogens is 272 g/mol. The van der Waals surface area contributed by atoms with Crippen molar-refractivity contribution in [1.29, 1.82) is 0 Å². The molecule has 0 fully saturated rings. The summed E-state index contributed by atoms with van der Waals surface area (Å²) in [6, 6.07) is 18.5. The molecule has 0 aromatic heterocycles. The van der Waals surface area contributed by atoms with Gasteiger partial charge in [-0.15, -0.1) is 0 Å². The Hall–Kier alpha value is -2.19. The number of carbonyl (C=O) groups excluding carboxylic acids is 1. The predicted octanol–water partition coefficient (Wildman–Crippen LogP) is 4.72. The Morgan fingerprint density at radius 2 is 1.64 bits per heavy atom.